The summed E-state index contributed by atoms with van der Waals surface area (Å²) < 4.78 is 39.3. The van der Waals surface area contributed by atoms with Crippen LogP contribution >= 0.6 is 0 Å². The van der Waals surface area contributed by atoms with Crippen LogP contribution in [0.2, 0.25) is 0 Å². The van der Waals surface area contributed by atoms with E-state index >= 15 is 0 Å². The number of pyridine rings is 1. The highest BCUT2D eigenvalue weighted by Gasteiger charge is 2.28. The Bertz CT molecular complexity index is 1420. The molecule has 1 amide bonds. The van der Waals surface area contributed by atoms with Crippen molar-refractivity contribution in [1.29, 1.82) is 5.26 Å². The molecule has 1 aromatic carbocycles. The molecule has 44 heavy (non-hydrogen) atoms. The van der Waals surface area contributed by atoms with Crippen molar-refractivity contribution in [3.63, 3.8) is 0 Å². The quantitative estimate of drug-likeness (QED) is 0.0924. The van der Waals surface area contributed by atoms with Gasteiger partial charge in [-0.3, -0.25) is 10.1 Å². The van der Waals surface area contributed by atoms with E-state index in [1.54, 1.807) is 42.7 Å². The van der Waals surface area contributed by atoms with Crippen molar-refractivity contribution in [2.24, 2.45) is 5.92 Å². The van der Waals surface area contributed by atoms with Crippen molar-refractivity contribution in [1.82, 2.24) is 15.2 Å². The maximum atomic E-state index is 13.1. The molecule has 1 aliphatic rings. The van der Waals surface area contributed by atoms with Gasteiger partial charge in [-0.15, -0.1) is 0 Å². The molecule has 7 nitrogen and oxygen atoms in total. The molecule has 1 aromatic heterocycles. The Hall–Kier alpha value is -4.52. The fraction of sp³-hybridized carbons (Fsp3) is 0.382. The molecular weight excluding hydrogens is 567 g/mol. The first-order valence-electron chi connectivity index (χ1n) is 14.7. The van der Waals surface area contributed by atoms with E-state index in [1.165, 1.54) is 24.8 Å². The molecule has 3 rings (SSSR count). The number of halogens is 3. The molecule has 0 radical (unpaired) electrons. The second-order valence-electron chi connectivity index (χ2n) is 11.2. The number of nitrogens with zero attached hydrogens (tertiary/aromatic N) is 3. The van der Waals surface area contributed by atoms with Crippen molar-refractivity contribution < 1.29 is 23.1 Å². The van der Waals surface area contributed by atoms with E-state index in [0.29, 0.717) is 34.0 Å². The first-order valence-corrected chi connectivity index (χ1v) is 14.7. The number of anilines is 1. The van der Waals surface area contributed by atoms with Crippen molar-refractivity contribution in [3.8, 4) is 6.19 Å². The van der Waals surface area contributed by atoms with Crippen LogP contribution in [0.3, 0.4) is 0 Å². The topological polar surface area (TPSA) is 101 Å². The number of likely N-dealkylation sites (N-methyl/N-ethyl adjacent to an activating group) is 1. The predicted octanol–water partition coefficient (Wildman–Crippen LogP) is 7.96. The number of hydrogen-bond acceptors (Lipinski definition) is 6. The number of rotatable bonds is 13. The Labute approximate surface area is 257 Å². The fourth-order valence-electron chi connectivity index (χ4n) is 5.50. The average Bonchev–Trinajstić information content (AvgIpc) is 2.98. The SMILES string of the molecule is C=C/C=C(\C(O)=C/N(C)C(CC1CCCCC1)C(=C)Nc1ccc(C(=O)NC#N)nc1)c1cc(C)ccc1CCC(F)(F)F. The molecule has 0 bridgehead atoms. The molecule has 3 N–H and O–H groups in total. The highest BCUT2D eigenvalue weighted by molar-refractivity contribution is 5.93. The number of carbonyl (C=O) groups excluding carboxylic acids is 1. The first-order chi connectivity index (χ1) is 20.9. The summed E-state index contributed by atoms with van der Waals surface area (Å²) in [6, 6.07) is 8.12. The van der Waals surface area contributed by atoms with Crippen molar-refractivity contribution in [2.45, 2.75) is 70.5 Å². The molecule has 10 heteroatoms. The maximum Gasteiger partial charge on any atom is 0.389 e. The van der Waals surface area contributed by atoms with Gasteiger partial charge >= 0.3 is 6.18 Å². The zero-order valence-electron chi connectivity index (χ0n) is 25.3. The number of aromatic nitrogens is 1. The van der Waals surface area contributed by atoms with Gasteiger partial charge in [-0.2, -0.15) is 18.4 Å². The molecular formula is C34H40F3N5O2. The molecule has 1 saturated carbocycles. The van der Waals surface area contributed by atoms with Crippen LogP contribution in [0.1, 0.15) is 72.1 Å². The Kier molecular flexibility index (Phi) is 12.2. The lowest BCUT2D eigenvalue weighted by molar-refractivity contribution is -0.134. The lowest BCUT2D eigenvalue weighted by Crippen LogP contribution is -2.34. The van der Waals surface area contributed by atoms with Gasteiger partial charge in [-0.25, -0.2) is 4.98 Å². The normalized spacial score (nSPS) is 15.2. The number of carbonyl (C=O) groups is 1. The summed E-state index contributed by atoms with van der Waals surface area (Å²) >= 11 is 0. The number of amides is 1. The minimum Gasteiger partial charge on any atom is -0.506 e. The zero-order valence-corrected chi connectivity index (χ0v) is 25.3. The number of aryl methyl sites for hydroxylation is 2. The Balaban J connectivity index is 1.91. The molecule has 1 heterocycles. The van der Waals surface area contributed by atoms with Crippen LogP contribution in [-0.4, -0.2) is 40.2 Å². The van der Waals surface area contributed by atoms with E-state index in [1.807, 2.05) is 24.2 Å². The van der Waals surface area contributed by atoms with Gasteiger partial charge in [0.05, 0.1) is 17.9 Å². The number of benzene rings is 1. The van der Waals surface area contributed by atoms with Crippen LogP contribution in [0, 0.1) is 24.3 Å². The van der Waals surface area contributed by atoms with Gasteiger partial charge in [0.15, 0.2) is 6.19 Å². The third-order valence-corrected chi connectivity index (χ3v) is 7.77. The van der Waals surface area contributed by atoms with E-state index in [2.05, 4.69) is 23.5 Å². The number of alkyl halides is 3. The molecule has 1 aliphatic carbocycles. The molecule has 0 saturated heterocycles. The average molecular weight is 608 g/mol. The second-order valence-corrected chi connectivity index (χ2v) is 11.2. The summed E-state index contributed by atoms with van der Waals surface area (Å²) in [4.78, 5) is 17.9. The van der Waals surface area contributed by atoms with Crippen molar-refractivity contribution in [2.75, 3.05) is 12.4 Å². The molecule has 2 aromatic rings. The Morgan fingerprint density at radius 2 is 1.98 bits per heavy atom. The van der Waals surface area contributed by atoms with Gasteiger partial charge in [0, 0.05) is 30.9 Å². The summed E-state index contributed by atoms with van der Waals surface area (Å²) in [6.45, 7) is 9.90. The van der Waals surface area contributed by atoms with Gasteiger partial charge in [-0.05, 0) is 48.9 Å². The third-order valence-electron chi connectivity index (χ3n) is 7.77. The van der Waals surface area contributed by atoms with Crippen LogP contribution in [0.25, 0.3) is 5.57 Å². The largest absolute Gasteiger partial charge is 0.506 e. The van der Waals surface area contributed by atoms with E-state index in [9.17, 15) is 23.1 Å². The Morgan fingerprint density at radius 3 is 2.59 bits per heavy atom. The summed E-state index contributed by atoms with van der Waals surface area (Å²) in [5.74, 6) is -0.261. The van der Waals surface area contributed by atoms with Gasteiger partial charge < -0.3 is 15.3 Å². The molecule has 0 aliphatic heterocycles. The number of nitrogens with one attached hydrogen (secondary N) is 2. The van der Waals surface area contributed by atoms with Gasteiger partial charge in [-0.1, -0.05) is 81.2 Å². The van der Waals surface area contributed by atoms with Gasteiger partial charge in [0.1, 0.15) is 11.5 Å². The highest BCUT2D eigenvalue weighted by atomic mass is 19.4. The number of nitriles is 1. The molecule has 0 spiro atoms. The number of aliphatic hydroxyl groups is 1. The van der Waals surface area contributed by atoms with Crippen molar-refractivity contribution in [3.05, 3.63) is 102 Å². The number of hydrogen-bond donors (Lipinski definition) is 3. The highest BCUT2D eigenvalue weighted by Crippen LogP contribution is 2.33. The van der Waals surface area contributed by atoms with Gasteiger partial charge in [0.2, 0.25) is 0 Å². The predicted molar refractivity (Wildman–Crippen MR) is 167 cm³/mol. The minimum absolute atomic E-state index is 0.0960. The minimum atomic E-state index is -4.30. The summed E-state index contributed by atoms with van der Waals surface area (Å²) in [6.07, 6.45) is 8.71. The van der Waals surface area contributed by atoms with E-state index in [0.717, 1.165) is 37.7 Å². The third kappa shape index (κ3) is 10.0. The molecule has 234 valence electrons. The van der Waals surface area contributed by atoms with Crippen LogP contribution in [-0.2, 0) is 6.42 Å². The van der Waals surface area contributed by atoms with Crippen LogP contribution in [0.4, 0.5) is 18.9 Å². The Morgan fingerprint density at radius 1 is 1.25 bits per heavy atom. The van der Waals surface area contributed by atoms with E-state index in [-0.39, 0.29) is 23.9 Å². The maximum absolute atomic E-state index is 13.1. The standard InChI is InChI=1S/C34H40F3N5O2/c1-5-9-28(29-18-23(2)12-13-26(29)16-17-34(35,36)37)32(43)21-42(4)31(19-25-10-7-6-8-11-25)24(3)41-27-14-15-30(39-20-27)33(44)40-22-38/h5,9,12-15,18,20-21,25,31,41,43H,1,3,6-8,10-11,16-17,19H2,2,4H3,(H,40,44)/b28-9-,32-21+. The van der Waals surface area contributed by atoms with Gasteiger partial charge in [0.25, 0.3) is 5.91 Å². The summed E-state index contributed by atoms with van der Waals surface area (Å²) in [5.41, 5.74) is 3.56. The molecule has 1 unspecified atom stereocenters. The molecule has 1 fully saturated rings. The van der Waals surface area contributed by atoms with Crippen LogP contribution < -0.4 is 10.6 Å². The van der Waals surface area contributed by atoms with Crippen LogP contribution in [0.5, 0.6) is 0 Å². The number of allylic oxidation sites excluding steroid dienone is 3. The van der Waals surface area contributed by atoms with Crippen LogP contribution in [0.15, 0.2) is 79.5 Å². The monoisotopic (exact) mass is 607 g/mol. The smallest absolute Gasteiger partial charge is 0.389 e. The number of aliphatic hydroxyl groups excluding tert-OH is 1. The lowest BCUT2D eigenvalue weighted by Gasteiger charge is -2.34. The first kappa shape index (κ1) is 34.0. The summed E-state index contributed by atoms with van der Waals surface area (Å²) in [7, 11) is 1.83. The van der Waals surface area contributed by atoms with E-state index in [4.69, 9.17) is 5.26 Å². The second kappa shape index (κ2) is 15.8. The van der Waals surface area contributed by atoms with E-state index < -0.39 is 18.5 Å². The molecule has 1 atom stereocenters. The summed E-state index contributed by atoms with van der Waals surface area (Å²) in [5, 5.41) is 25.4. The lowest BCUT2D eigenvalue weighted by atomic mass is 9.84. The fourth-order valence-corrected chi connectivity index (χ4v) is 5.50. The van der Waals surface area contributed by atoms with Crippen molar-refractivity contribution >= 4 is 17.2 Å². The zero-order chi connectivity index (χ0) is 32.3.